The topological polar surface area (TPSA) is 97.6 Å². The fourth-order valence-corrected chi connectivity index (χ4v) is 2.09. The summed E-state index contributed by atoms with van der Waals surface area (Å²) < 4.78 is 10.2. The van der Waals surface area contributed by atoms with Gasteiger partial charge >= 0.3 is 5.97 Å². The molecule has 7 nitrogen and oxygen atoms in total. The summed E-state index contributed by atoms with van der Waals surface area (Å²) in [6, 6.07) is 9.50. The SMILES string of the molecule is CC(C)CNC(=O)[C@@H](C)OC(=O)c1ccccc1NC(=O)c1ccco1. The molecule has 138 valence electrons. The van der Waals surface area contributed by atoms with Gasteiger partial charge in [0.05, 0.1) is 17.5 Å². The molecule has 2 N–H and O–H groups in total. The third-order valence-electron chi connectivity index (χ3n) is 3.48. The van der Waals surface area contributed by atoms with Crippen LogP contribution in [0.15, 0.2) is 47.1 Å². The number of para-hydroxylation sites is 1. The molecule has 0 saturated heterocycles. The Labute approximate surface area is 151 Å². The van der Waals surface area contributed by atoms with Crippen LogP contribution in [0.5, 0.6) is 0 Å². The van der Waals surface area contributed by atoms with Gasteiger partial charge in [-0.3, -0.25) is 9.59 Å². The van der Waals surface area contributed by atoms with Crippen molar-refractivity contribution in [1.29, 1.82) is 0 Å². The molecule has 1 aromatic carbocycles. The lowest BCUT2D eigenvalue weighted by Crippen LogP contribution is -2.37. The van der Waals surface area contributed by atoms with Crippen molar-refractivity contribution in [2.24, 2.45) is 5.92 Å². The highest BCUT2D eigenvalue weighted by atomic mass is 16.5. The maximum atomic E-state index is 12.4. The first-order chi connectivity index (χ1) is 12.4. The second kappa shape index (κ2) is 8.84. The average molecular weight is 358 g/mol. The van der Waals surface area contributed by atoms with E-state index in [0.29, 0.717) is 12.5 Å². The Morgan fingerprint density at radius 1 is 1.08 bits per heavy atom. The molecule has 1 atom stereocenters. The lowest BCUT2D eigenvalue weighted by molar-refractivity contribution is -0.129. The monoisotopic (exact) mass is 358 g/mol. The van der Waals surface area contributed by atoms with Crippen LogP contribution in [0.4, 0.5) is 5.69 Å². The quantitative estimate of drug-likeness (QED) is 0.742. The van der Waals surface area contributed by atoms with E-state index in [1.54, 1.807) is 24.3 Å². The maximum absolute atomic E-state index is 12.4. The van der Waals surface area contributed by atoms with E-state index in [1.807, 2.05) is 13.8 Å². The molecule has 1 aromatic heterocycles. The number of ether oxygens (including phenoxy) is 1. The van der Waals surface area contributed by atoms with E-state index in [2.05, 4.69) is 10.6 Å². The van der Waals surface area contributed by atoms with Crippen LogP contribution in [0, 0.1) is 5.92 Å². The van der Waals surface area contributed by atoms with E-state index in [4.69, 9.17) is 9.15 Å². The van der Waals surface area contributed by atoms with E-state index in [0.717, 1.165) is 0 Å². The van der Waals surface area contributed by atoms with Crippen molar-refractivity contribution in [2.45, 2.75) is 26.9 Å². The molecule has 0 saturated carbocycles. The Balaban J connectivity index is 2.05. The lowest BCUT2D eigenvalue weighted by Gasteiger charge is -2.16. The van der Waals surface area contributed by atoms with Crippen molar-refractivity contribution in [1.82, 2.24) is 5.32 Å². The molecule has 0 aliphatic rings. The molecule has 0 spiro atoms. The predicted octanol–water partition coefficient (Wildman–Crippen LogP) is 2.85. The third-order valence-corrected chi connectivity index (χ3v) is 3.48. The van der Waals surface area contributed by atoms with Crippen LogP contribution in [0.3, 0.4) is 0 Å². The molecule has 2 rings (SSSR count). The van der Waals surface area contributed by atoms with Gasteiger partial charge in [-0.15, -0.1) is 0 Å². The highest BCUT2D eigenvalue weighted by Gasteiger charge is 2.21. The number of rotatable bonds is 7. The standard InChI is InChI=1S/C19H22N2O5/c1-12(2)11-20-17(22)13(3)26-19(24)14-7-4-5-8-15(14)21-18(23)16-9-6-10-25-16/h4-10,12-13H,11H2,1-3H3,(H,20,22)(H,21,23)/t13-/m1/s1. The molecular weight excluding hydrogens is 336 g/mol. The highest BCUT2D eigenvalue weighted by Crippen LogP contribution is 2.18. The number of anilines is 1. The first-order valence-electron chi connectivity index (χ1n) is 8.31. The van der Waals surface area contributed by atoms with Crippen molar-refractivity contribution in [3.05, 3.63) is 54.0 Å². The zero-order chi connectivity index (χ0) is 19.1. The molecule has 0 fully saturated rings. The van der Waals surface area contributed by atoms with Gasteiger partial charge in [0.25, 0.3) is 11.8 Å². The number of amides is 2. The van der Waals surface area contributed by atoms with Crippen LogP contribution in [0.25, 0.3) is 0 Å². The van der Waals surface area contributed by atoms with Gasteiger partial charge in [-0.2, -0.15) is 0 Å². The molecule has 26 heavy (non-hydrogen) atoms. The molecule has 7 heteroatoms. The molecular formula is C19H22N2O5. The molecule has 0 unspecified atom stereocenters. The minimum Gasteiger partial charge on any atom is -0.459 e. The van der Waals surface area contributed by atoms with Crippen molar-refractivity contribution < 1.29 is 23.5 Å². The summed E-state index contributed by atoms with van der Waals surface area (Å²) in [5, 5.41) is 5.31. The maximum Gasteiger partial charge on any atom is 0.341 e. The zero-order valence-electron chi connectivity index (χ0n) is 14.9. The van der Waals surface area contributed by atoms with Gasteiger partial charge in [-0.1, -0.05) is 26.0 Å². The summed E-state index contributed by atoms with van der Waals surface area (Å²) >= 11 is 0. The molecule has 1 heterocycles. The summed E-state index contributed by atoms with van der Waals surface area (Å²) in [7, 11) is 0. The molecule has 0 bridgehead atoms. The van der Waals surface area contributed by atoms with Crippen molar-refractivity contribution >= 4 is 23.5 Å². The van der Waals surface area contributed by atoms with Crippen molar-refractivity contribution in [3.63, 3.8) is 0 Å². The van der Waals surface area contributed by atoms with Crippen LogP contribution in [-0.4, -0.2) is 30.4 Å². The van der Waals surface area contributed by atoms with Crippen LogP contribution >= 0.6 is 0 Å². The van der Waals surface area contributed by atoms with E-state index in [9.17, 15) is 14.4 Å². The number of hydrogen-bond donors (Lipinski definition) is 2. The minimum absolute atomic E-state index is 0.120. The van der Waals surface area contributed by atoms with Gasteiger partial charge in [0.1, 0.15) is 0 Å². The van der Waals surface area contributed by atoms with Gasteiger partial charge in [-0.25, -0.2) is 4.79 Å². The van der Waals surface area contributed by atoms with E-state index < -0.39 is 18.0 Å². The first-order valence-corrected chi connectivity index (χ1v) is 8.31. The van der Waals surface area contributed by atoms with Crippen molar-refractivity contribution in [2.75, 3.05) is 11.9 Å². The number of benzene rings is 1. The summed E-state index contributed by atoms with van der Waals surface area (Å²) in [6.07, 6.45) is 0.432. The Morgan fingerprint density at radius 3 is 2.46 bits per heavy atom. The van der Waals surface area contributed by atoms with Crippen LogP contribution in [-0.2, 0) is 9.53 Å². The smallest absolute Gasteiger partial charge is 0.341 e. The largest absolute Gasteiger partial charge is 0.459 e. The summed E-state index contributed by atoms with van der Waals surface area (Å²) in [5.41, 5.74) is 0.421. The highest BCUT2D eigenvalue weighted by molar-refractivity contribution is 6.06. The third kappa shape index (κ3) is 5.20. The Morgan fingerprint density at radius 2 is 1.81 bits per heavy atom. The van der Waals surface area contributed by atoms with E-state index >= 15 is 0 Å². The molecule has 0 aliphatic carbocycles. The fourth-order valence-electron chi connectivity index (χ4n) is 2.09. The molecule has 0 radical (unpaired) electrons. The second-order valence-electron chi connectivity index (χ2n) is 6.16. The number of hydrogen-bond acceptors (Lipinski definition) is 5. The number of carbonyl (C=O) groups is 3. The predicted molar refractivity (Wildman–Crippen MR) is 95.8 cm³/mol. The normalized spacial score (nSPS) is 11.7. The van der Waals surface area contributed by atoms with Gasteiger partial charge in [0, 0.05) is 6.54 Å². The van der Waals surface area contributed by atoms with Gasteiger partial charge < -0.3 is 19.8 Å². The first kappa shape index (κ1) is 19.2. The van der Waals surface area contributed by atoms with Crippen molar-refractivity contribution in [3.8, 4) is 0 Å². The Kier molecular flexibility index (Phi) is 6.54. The van der Waals surface area contributed by atoms with Gasteiger partial charge in [-0.05, 0) is 37.1 Å². The van der Waals surface area contributed by atoms with E-state index in [-0.39, 0.29) is 22.9 Å². The molecule has 0 aliphatic heterocycles. The molecule has 2 aromatic rings. The number of esters is 1. The summed E-state index contributed by atoms with van der Waals surface area (Å²) in [4.78, 5) is 36.5. The zero-order valence-corrected chi connectivity index (χ0v) is 14.9. The van der Waals surface area contributed by atoms with Gasteiger partial charge in [0.15, 0.2) is 11.9 Å². The van der Waals surface area contributed by atoms with Crippen LogP contribution in [0.2, 0.25) is 0 Å². The van der Waals surface area contributed by atoms with E-state index in [1.165, 1.54) is 25.3 Å². The fraction of sp³-hybridized carbons (Fsp3) is 0.316. The lowest BCUT2D eigenvalue weighted by atomic mass is 10.1. The Hall–Kier alpha value is -3.09. The number of nitrogens with one attached hydrogen (secondary N) is 2. The molecule has 2 amide bonds. The average Bonchev–Trinajstić information content (AvgIpc) is 3.14. The number of carbonyl (C=O) groups excluding carboxylic acids is 3. The minimum atomic E-state index is -0.949. The van der Waals surface area contributed by atoms with Crippen LogP contribution < -0.4 is 10.6 Å². The van der Waals surface area contributed by atoms with Gasteiger partial charge in [0.2, 0.25) is 0 Å². The summed E-state index contributed by atoms with van der Waals surface area (Å²) in [5.74, 6) is -1.15. The number of furan rings is 1. The second-order valence-corrected chi connectivity index (χ2v) is 6.16. The summed E-state index contributed by atoms with van der Waals surface area (Å²) in [6.45, 7) is 5.93. The Bertz CT molecular complexity index is 768. The van der Waals surface area contributed by atoms with Crippen LogP contribution in [0.1, 0.15) is 41.7 Å².